The summed E-state index contributed by atoms with van der Waals surface area (Å²) in [7, 11) is 1.56. The average molecular weight is 604 g/mol. The van der Waals surface area contributed by atoms with Gasteiger partial charge in [-0.3, -0.25) is 4.79 Å². The van der Waals surface area contributed by atoms with Crippen LogP contribution in [-0.2, 0) is 14.3 Å². The Morgan fingerprint density at radius 2 is 1.57 bits per heavy atom. The van der Waals surface area contributed by atoms with Crippen molar-refractivity contribution in [1.29, 1.82) is 0 Å². The molecule has 6 heteroatoms. The number of esters is 2. The van der Waals surface area contributed by atoms with Gasteiger partial charge in [-0.1, -0.05) is 83.5 Å². The Bertz CT molecular complexity index is 1390. The van der Waals surface area contributed by atoms with Gasteiger partial charge in [-0.25, -0.2) is 4.79 Å². The van der Waals surface area contributed by atoms with Crippen LogP contribution in [0.15, 0.2) is 47.1 Å². The molecule has 1 aromatic rings. The summed E-state index contributed by atoms with van der Waals surface area (Å²) >= 11 is 0. The smallest absolute Gasteiger partial charge is 0.338 e. The second kappa shape index (κ2) is 10.2. The van der Waals surface area contributed by atoms with Crippen LogP contribution in [0.1, 0.15) is 117 Å². The van der Waals surface area contributed by atoms with Crippen molar-refractivity contribution in [1.82, 2.24) is 0 Å². The Morgan fingerprint density at radius 3 is 2.23 bits per heavy atom. The highest BCUT2D eigenvalue weighted by atomic mass is 16.5. The van der Waals surface area contributed by atoms with Crippen molar-refractivity contribution in [2.24, 2.45) is 55.4 Å². The lowest BCUT2D eigenvalue weighted by atomic mass is 9.33. The molecular weight excluding hydrogens is 550 g/mol. The molecular formula is C38H53NO5. The monoisotopic (exact) mass is 603 g/mol. The number of hydrogen-bond acceptors (Lipinski definition) is 6. The number of benzene rings is 1. The van der Waals surface area contributed by atoms with Gasteiger partial charge in [0.05, 0.1) is 18.1 Å². The minimum absolute atomic E-state index is 0.0168. The molecule has 1 aromatic carbocycles. The number of allylic oxidation sites excluding steroid dienone is 2. The first-order chi connectivity index (χ1) is 20.6. The standard InChI is InChI=1S/C38H53NO5/c1-33(2)18-20-38(32(41)43-8)21-19-36(6)25(26(38)22-33)14-15-29-35(5)23-27(44-31(40)24-12-10-9-11-13-24)30(39-42)34(3,4)28(35)16-17-37(29,36)7/h9-14,26-29,42H,15-23H2,1-8H3/b39-30+/t26-,27+,28-,29+,35-,36+,37+,38-/m0/s1. The molecule has 1 N–H and O–H groups in total. The summed E-state index contributed by atoms with van der Waals surface area (Å²) in [6, 6.07) is 9.10. The first-order valence-corrected chi connectivity index (χ1v) is 16.9. The Morgan fingerprint density at radius 1 is 0.886 bits per heavy atom. The van der Waals surface area contributed by atoms with Crippen molar-refractivity contribution in [3.05, 3.63) is 47.5 Å². The molecule has 0 amide bonds. The molecule has 240 valence electrons. The van der Waals surface area contributed by atoms with Gasteiger partial charge in [-0.05, 0) is 109 Å². The van der Waals surface area contributed by atoms with E-state index in [0.29, 0.717) is 23.6 Å². The maximum absolute atomic E-state index is 13.5. The van der Waals surface area contributed by atoms with E-state index in [2.05, 4.69) is 59.7 Å². The van der Waals surface area contributed by atoms with Crippen LogP contribution in [0.25, 0.3) is 0 Å². The third kappa shape index (κ3) is 4.21. The van der Waals surface area contributed by atoms with Crippen LogP contribution < -0.4 is 0 Å². The third-order valence-corrected chi connectivity index (χ3v) is 14.3. The van der Waals surface area contributed by atoms with Crippen molar-refractivity contribution in [3.8, 4) is 0 Å². The number of oxime groups is 1. The van der Waals surface area contributed by atoms with E-state index in [-0.39, 0.29) is 45.4 Å². The number of nitrogens with zero attached hydrogens (tertiary/aromatic N) is 1. The van der Waals surface area contributed by atoms with Gasteiger partial charge in [-0.15, -0.1) is 0 Å². The molecule has 4 saturated carbocycles. The Hall–Kier alpha value is -2.63. The summed E-state index contributed by atoms with van der Waals surface area (Å²) in [4.78, 5) is 26.9. The lowest BCUT2D eigenvalue weighted by molar-refractivity contribution is -0.185. The van der Waals surface area contributed by atoms with Crippen molar-refractivity contribution < 1.29 is 24.3 Å². The van der Waals surface area contributed by atoms with Crippen molar-refractivity contribution in [3.63, 3.8) is 0 Å². The van der Waals surface area contributed by atoms with E-state index >= 15 is 0 Å². The number of fused-ring (bicyclic) bond motifs is 7. The molecule has 5 aliphatic rings. The van der Waals surface area contributed by atoms with Gasteiger partial charge >= 0.3 is 11.9 Å². The van der Waals surface area contributed by atoms with Crippen LogP contribution in [0.4, 0.5) is 0 Å². The summed E-state index contributed by atoms with van der Waals surface area (Å²) in [5.74, 6) is 0.461. The SMILES string of the molecule is COC(=O)[C@]12CCC(C)(C)C[C@H]1C1=CC[C@@H]3[C@@]4(C)C[C@@H](OC(=O)c5ccccc5)/C(=N\O)C(C)(C)[C@@H]4CC[C@@]3(C)[C@]1(C)CC2. The van der Waals surface area contributed by atoms with E-state index in [9.17, 15) is 14.8 Å². The van der Waals surface area contributed by atoms with E-state index in [1.807, 2.05) is 18.2 Å². The number of ether oxygens (including phenoxy) is 2. The Balaban J connectivity index is 1.40. The molecule has 0 spiro atoms. The maximum Gasteiger partial charge on any atom is 0.338 e. The fourth-order valence-electron chi connectivity index (χ4n) is 11.8. The zero-order valence-electron chi connectivity index (χ0n) is 28.2. The van der Waals surface area contributed by atoms with Crippen molar-refractivity contribution >= 4 is 17.7 Å². The summed E-state index contributed by atoms with van der Waals surface area (Å²) in [6.07, 6.45) is 10.5. The highest BCUT2D eigenvalue weighted by Gasteiger charge is 2.70. The van der Waals surface area contributed by atoms with Gasteiger partial charge in [0.1, 0.15) is 11.8 Å². The van der Waals surface area contributed by atoms with Gasteiger partial charge < -0.3 is 14.7 Å². The second-order valence-corrected chi connectivity index (χ2v) is 17.0. The molecule has 0 heterocycles. The van der Waals surface area contributed by atoms with E-state index in [1.165, 1.54) is 5.57 Å². The van der Waals surface area contributed by atoms with Crippen molar-refractivity contribution in [2.45, 2.75) is 112 Å². The Kier molecular flexibility index (Phi) is 7.26. The largest absolute Gasteiger partial charge is 0.469 e. The van der Waals surface area contributed by atoms with E-state index in [0.717, 1.165) is 51.4 Å². The van der Waals surface area contributed by atoms with E-state index in [4.69, 9.17) is 9.47 Å². The molecule has 6 nitrogen and oxygen atoms in total. The summed E-state index contributed by atoms with van der Waals surface area (Å²) in [5.41, 5.74) is 1.76. The summed E-state index contributed by atoms with van der Waals surface area (Å²) in [6.45, 7) is 16.5. The zero-order valence-corrected chi connectivity index (χ0v) is 28.2. The van der Waals surface area contributed by atoms with Crippen LogP contribution in [0.5, 0.6) is 0 Å². The van der Waals surface area contributed by atoms with Gasteiger partial charge in [0.2, 0.25) is 0 Å². The highest BCUT2D eigenvalue weighted by molar-refractivity contribution is 5.98. The second-order valence-electron chi connectivity index (χ2n) is 17.0. The predicted molar refractivity (Wildman–Crippen MR) is 171 cm³/mol. The lowest BCUT2D eigenvalue weighted by Crippen LogP contribution is -2.66. The van der Waals surface area contributed by atoms with Crippen LogP contribution in [0, 0.1) is 50.2 Å². The van der Waals surface area contributed by atoms with Crippen LogP contribution in [0.3, 0.4) is 0 Å². The minimum atomic E-state index is -0.595. The molecule has 8 atom stereocenters. The molecule has 0 unspecified atom stereocenters. The topological polar surface area (TPSA) is 85.2 Å². The molecule has 0 bridgehead atoms. The van der Waals surface area contributed by atoms with Gasteiger partial charge in [0, 0.05) is 5.41 Å². The highest BCUT2D eigenvalue weighted by Crippen LogP contribution is 2.75. The number of carbonyl (C=O) groups is 2. The number of rotatable bonds is 3. The first kappa shape index (κ1) is 31.4. The first-order valence-electron chi connectivity index (χ1n) is 16.9. The van der Waals surface area contributed by atoms with Gasteiger partial charge in [-0.2, -0.15) is 0 Å². The minimum Gasteiger partial charge on any atom is -0.469 e. The molecule has 44 heavy (non-hydrogen) atoms. The molecule has 4 fully saturated rings. The maximum atomic E-state index is 13.5. The lowest BCUT2D eigenvalue weighted by Gasteiger charge is -2.71. The van der Waals surface area contributed by atoms with E-state index in [1.54, 1.807) is 19.2 Å². The van der Waals surface area contributed by atoms with Crippen LogP contribution in [0.2, 0.25) is 0 Å². The summed E-state index contributed by atoms with van der Waals surface area (Å²) < 4.78 is 11.8. The quantitative estimate of drug-likeness (QED) is 0.162. The average Bonchev–Trinajstić information content (AvgIpc) is 2.97. The molecule has 6 rings (SSSR count). The van der Waals surface area contributed by atoms with Crippen LogP contribution >= 0.6 is 0 Å². The van der Waals surface area contributed by atoms with Gasteiger partial charge in [0.25, 0.3) is 0 Å². The van der Waals surface area contributed by atoms with Crippen LogP contribution in [-0.4, -0.2) is 36.1 Å². The number of carbonyl (C=O) groups excluding carboxylic acids is 2. The fraction of sp³-hybridized carbons (Fsp3) is 0.711. The summed E-state index contributed by atoms with van der Waals surface area (Å²) in [5, 5.41) is 14.2. The zero-order chi connectivity index (χ0) is 31.9. The predicted octanol–water partition coefficient (Wildman–Crippen LogP) is 8.63. The molecule has 0 aromatic heterocycles. The third-order valence-electron chi connectivity index (χ3n) is 14.3. The number of hydrogen-bond donors (Lipinski definition) is 1. The normalized spacial score (nSPS) is 42.9. The van der Waals surface area contributed by atoms with Crippen molar-refractivity contribution in [2.75, 3.05) is 7.11 Å². The molecule has 5 aliphatic carbocycles. The Labute approximate surface area is 264 Å². The molecule has 0 saturated heterocycles. The molecule has 0 aliphatic heterocycles. The van der Waals surface area contributed by atoms with Gasteiger partial charge in [0.15, 0.2) is 0 Å². The number of methoxy groups -OCH3 is 1. The fourth-order valence-corrected chi connectivity index (χ4v) is 11.8. The van der Waals surface area contributed by atoms with E-state index < -0.39 is 16.9 Å². The molecule has 0 radical (unpaired) electrons.